The second-order valence-electron chi connectivity index (χ2n) is 29.1. The molecule has 0 aliphatic carbocycles. The number of nitrogens with zero attached hydrogens (tertiary/aromatic N) is 1. The van der Waals surface area contributed by atoms with Gasteiger partial charge in [0.25, 0.3) is 6.29 Å². The molecule has 0 spiro atoms. The number of quaternary nitrogens is 1. The summed E-state index contributed by atoms with van der Waals surface area (Å²) in [6.07, 6.45) is 101. The molecule has 0 aromatic rings. The van der Waals surface area contributed by atoms with E-state index in [-0.39, 0.29) is 38.2 Å². The maximum absolute atomic E-state index is 13.0. The number of esters is 2. The molecule has 0 aromatic heterocycles. The van der Waals surface area contributed by atoms with Gasteiger partial charge in [-0.1, -0.05) is 376 Å². The molecule has 0 heterocycles. The highest BCUT2D eigenvalue weighted by Crippen LogP contribution is 2.20. The number of unbranched alkanes of at least 4 members (excludes halogenated alkanes) is 50. The highest BCUT2D eigenvalue weighted by molar-refractivity contribution is 5.71. The average molecular weight is 1330 g/mol. The van der Waals surface area contributed by atoms with Gasteiger partial charge in [0, 0.05) is 12.8 Å². The van der Waals surface area contributed by atoms with Crippen LogP contribution < -0.4 is 0 Å². The van der Waals surface area contributed by atoms with Crippen molar-refractivity contribution in [3.05, 3.63) is 72.9 Å². The largest absolute Gasteiger partial charge is 0.477 e. The Kier molecular flexibility index (Phi) is 73.9. The SMILES string of the molecule is CC/C=C\C/C=C\C/C=C\C/C=C\CCCCCCCCCCCCCCCCCCCCC(=O)OC(COC(=O)CCCCCCCCCCCCCCCCCCCCCCCCCCCCC/C=C\C/C=C\CCCCCCC)COC(OCC[N+](C)(C)C)C(=O)O. The molecule has 95 heavy (non-hydrogen) atoms. The molecule has 9 heteroatoms. The first-order chi connectivity index (χ1) is 46.6. The number of carboxylic acid groups (broad SMARTS) is 1. The molecule has 0 radical (unpaired) electrons. The van der Waals surface area contributed by atoms with E-state index in [4.69, 9.17) is 18.9 Å². The van der Waals surface area contributed by atoms with Crippen LogP contribution in [0.15, 0.2) is 72.9 Å². The molecule has 0 saturated carbocycles. The van der Waals surface area contributed by atoms with E-state index in [9.17, 15) is 19.5 Å². The molecule has 554 valence electrons. The van der Waals surface area contributed by atoms with Crippen LogP contribution >= 0.6 is 0 Å². The van der Waals surface area contributed by atoms with Crippen LogP contribution in [-0.2, 0) is 33.3 Å². The molecule has 0 fully saturated rings. The Morgan fingerprint density at radius 1 is 0.326 bits per heavy atom. The second kappa shape index (κ2) is 76.5. The first-order valence-electron chi connectivity index (χ1n) is 41.1. The molecule has 0 aliphatic rings. The Bertz CT molecular complexity index is 1790. The third kappa shape index (κ3) is 77.9. The second-order valence-corrected chi connectivity index (χ2v) is 29.1. The molecular formula is C86H158NO8+. The van der Waals surface area contributed by atoms with E-state index in [0.29, 0.717) is 17.4 Å². The molecule has 0 bridgehead atoms. The number of likely N-dealkylation sites (N-methyl/N-ethyl adjacent to an activating group) is 1. The molecule has 1 N–H and O–H groups in total. The van der Waals surface area contributed by atoms with Gasteiger partial charge in [0.2, 0.25) is 0 Å². The first-order valence-corrected chi connectivity index (χ1v) is 41.1. The van der Waals surface area contributed by atoms with Gasteiger partial charge < -0.3 is 28.5 Å². The third-order valence-corrected chi connectivity index (χ3v) is 18.4. The zero-order valence-corrected chi connectivity index (χ0v) is 63.6. The topological polar surface area (TPSA) is 108 Å². The lowest BCUT2D eigenvalue weighted by atomic mass is 10.0. The highest BCUT2D eigenvalue weighted by Gasteiger charge is 2.25. The van der Waals surface area contributed by atoms with Crippen molar-refractivity contribution in [2.45, 2.75) is 411 Å². The summed E-state index contributed by atoms with van der Waals surface area (Å²) >= 11 is 0. The van der Waals surface area contributed by atoms with Crippen LogP contribution in [0, 0.1) is 0 Å². The van der Waals surface area contributed by atoms with Gasteiger partial charge in [0.1, 0.15) is 13.2 Å². The first kappa shape index (κ1) is 91.7. The molecule has 2 unspecified atom stereocenters. The quantitative estimate of drug-likeness (QED) is 0.0211. The molecule has 0 aromatic carbocycles. The van der Waals surface area contributed by atoms with Crippen LogP contribution in [-0.4, -0.2) is 87.4 Å². The number of ether oxygens (including phenoxy) is 4. The van der Waals surface area contributed by atoms with E-state index in [1.54, 1.807) is 0 Å². The summed E-state index contributed by atoms with van der Waals surface area (Å²) in [5.41, 5.74) is 0. The minimum absolute atomic E-state index is 0.178. The Morgan fingerprint density at radius 2 is 0.600 bits per heavy atom. The summed E-state index contributed by atoms with van der Waals surface area (Å²) in [5, 5.41) is 9.78. The van der Waals surface area contributed by atoms with Gasteiger partial charge in [-0.3, -0.25) is 9.59 Å². The average Bonchev–Trinajstić information content (AvgIpc) is 3.24. The Balaban J connectivity index is 3.95. The van der Waals surface area contributed by atoms with E-state index in [1.165, 1.54) is 302 Å². The third-order valence-electron chi connectivity index (χ3n) is 18.4. The monoisotopic (exact) mass is 1330 g/mol. The summed E-state index contributed by atoms with van der Waals surface area (Å²) in [4.78, 5) is 37.8. The van der Waals surface area contributed by atoms with Crippen molar-refractivity contribution < 1.29 is 42.9 Å². The van der Waals surface area contributed by atoms with Crippen LogP contribution in [0.5, 0.6) is 0 Å². The van der Waals surface area contributed by atoms with E-state index in [0.717, 1.165) is 70.6 Å². The maximum atomic E-state index is 13.0. The van der Waals surface area contributed by atoms with Gasteiger partial charge in [-0.2, -0.15) is 0 Å². The van der Waals surface area contributed by atoms with Crippen LogP contribution in [0.2, 0.25) is 0 Å². The summed E-state index contributed by atoms with van der Waals surface area (Å²) in [6.45, 7) is 4.82. The molecular weight excluding hydrogens is 1170 g/mol. The lowest BCUT2D eigenvalue weighted by Crippen LogP contribution is -2.40. The van der Waals surface area contributed by atoms with Crippen LogP contribution in [0.25, 0.3) is 0 Å². The van der Waals surface area contributed by atoms with Crippen molar-refractivity contribution in [2.24, 2.45) is 0 Å². The van der Waals surface area contributed by atoms with E-state index in [2.05, 4.69) is 86.8 Å². The molecule has 9 nitrogen and oxygen atoms in total. The van der Waals surface area contributed by atoms with Crippen LogP contribution in [0.1, 0.15) is 399 Å². The van der Waals surface area contributed by atoms with Gasteiger partial charge in [0.15, 0.2) is 6.10 Å². The van der Waals surface area contributed by atoms with E-state index >= 15 is 0 Å². The number of hydrogen-bond donors (Lipinski definition) is 1. The van der Waals surface area contributed by atoms with Gasteiger partial charge in [-0.05, 0) is 83.5 Å². The number of hydrogen-bond acceptors (Lipinski definition) is 7. The fourth-order valence-corrected chi connectivity index (χ4v) is 12.2. The van der Waals surface area contributed by atoms with Crippen molar-refractivity contribution >= 4 is 17.9 Å². The Hall–Kier alpha value is -3.27. The van der Waals surface area contributed by atoms with Crippen molar-refractivity contribution in [3.8, 4) is 0 Å². The number of carbonyl (C=O) groups is 3. The summed E-state index contributed by atoms with van der Waals surface area (Å²) in [7, 11) is 6.00. The van der Waals surface area contributed by atoms with Crippen LogP contribution in [0.3, 0.4) is 0 Å². The maximum Gasteiger partial charge on any atom is 0.361 e. The molecule has 2 atom stereocenters. The predicted molar refractivity (Wildman–Crippen MR) is 410 cm³/mol. The Labute approximate surface area is 589 Å². The van der Waals surface area contributed by atoms with Gasteiger partial charge in [-0.15, -0.1) is 0 Å². The highest BCUT2D eigenvalue weighted by atomic mass is 16.7. The number of aliphatic carboxylic acids is 1. The zero-order chi connectivity index (χ0) is 69.0. The number of carbonyl (C=O) groups excluding carboxylic acids is 2. The van der Waals surface area contributed by atoms with Gasteiger partial charge >= 0.3 is 17.9 Å². The summed E-state index contributed by atoms with van der Waals surface area (Å²) in [6, 6.07) is 0. The minimum atomic E-state index is -1.51. The van der Waals surface area contributed by atoms with E-state index in [1.807, 2.05) is 21.1 Å². The standard InChI is InChI=1S/C86H157NO8/c1-6-8-10-12-14-16-18-20-22-24-26-28-30-32-34-36-38-39-40-41-42-43-44-45-47-48-50-52-54-56-58-60-62-64-66-68-70-72-74-76-83(88)93-80-82(81-94-86(85(90)91)92-79-78-87(3,4)5)95-84(89)77-75-73-71-69-67-65-63-61-59-57-55-53-51-49-46-37-35-33-31-29-27-25-23-21-19-17-15-13-11-9-7-2/h9,11,15,17-18,20-21,23-24,26-27,29,82,86H,6-8,10,12-14,16,19,22,25,28,30-81H2,1-5H3/p+1/b11-9-,17-15-,20-18-,23-21-,26-24-,29-27-. The Morgan fingerprint density at radius 3 is 0.895 bits per heavy atom. The van der Waals surface area contributed by atoms with Crippen molar-refractivity contribution in [1.29, 1.82) is 0 Å². The lowest BCUT2D eigenvalue weighted by molar-refractivity contribution is -0.870. The summed E-state index contributed by atoms with van der Waals surface area (Å²) < 4.78 is 23.1. The zero-order valence-electron chi connectivity index (χ0n) is 63.6. The molecule has 0 amide bonds. The van der Waals surface area contributed by atoms with Crippen molar-refractivity contribution in [2.75, 3.05) is 47.5 Å². The number of allylic oxidation sites excluding steroid dienone is 12. The minimum Gasteiger partial charge on any atom is -0.477 e. The molecule has 0 rings (SSSR count). The van der Waals surface area contributed by atoms with Crippen molar-refractivity contribution in [1.82, 2.24) is 0 Å². The van der Waals surface area contributed by atoms with Crippen molar-refractivity contribution in [3.63, 3.8) is 0 Å². The smallest absolute Gasteiger partial charge is 0.361 e. The van der Waals surface area contributed by atoms with Crippen LogP contribution in [0.4, 0.5) is 0 Å². The number of rotatable bonds is 77. The summed E-state index contributed by atoms with van der Waals surface area (Å²) in [5.74, 6) is -1.98. The fraction of sp³-hybridized carbons (Fsp3) is 0.826. The normalized spacial score (nSPS) is 13.0. The fourth-order valence-electron chi connectivity index (χ4n) is 12.2. The molecule has 0 saturated heterocycles. The number of carboxylic acids is 1. The van der Waals surface area contributed by atoms with E-state index < -0.39 is 18.4 Å². The molecule has 0 aliphatic heterocycles. The van der Waals surface area contributed by atoms with Gasteiger partial charge in [0.05, 0.1) is 34.4 Å². The predicted octanol–water partition coefficient (Wildman–Crippen LogP) is 26.4. The lowest BCUT2D eigenvalue weighted by Gasteiger charge is -2.25. The van der Waals surface area contributed by atoms with Gasteiger partial charge in [-0.25, -0.2) is 4.79 Å².